The highest BCUT2D eigenvalue weighted by atomic mass is 16.5. The molecule has 1 aliphatic rings. The van der Waals surface area contributed by atoms with Gasteiger partial charge < -0.3 is 10.5 Å². The standard InChI is InChI=1S/C16H34N2O/c1-4-18(10-12-19-11-9-14(2)3)16-8-6-5-7-15(16)13-17/h14-16H,4-13,17H2,1-3H3. The van der Waals surface area contributed by atoms with Crippen LogP contribution in [0.15, 0.2) is 0 Å². The minimum Gasteiger partial charge on any atom is -0.380 e. The molecular weight excluding hydrogens is 236 g/mol. The van der Waals surface area contributed by atoms with E-state index in [0.717, 1.165) is 38.8 Å². The summed E-state index contributed by atoms with van der Waals surface area (Å²) < 4.78 is 5.76. The maximum atomic E-state index is 5.94. The van der Waals surface area contributed by atoms with Gasteiger partial charge in [0.2, 0.25) is 0 Å². The van der Waals surface area contributed by atoms with Crippen molar-refractivity contribution in [3.05, 3.63) is 0 Å². The van der Waals surface area contributed by atoms with Crippen LogP contribution in [0.2, 0.25) is 0 Å². The highest BCUT2D eigenvalue weighted by Gasteiger charge is 2.28. The smallest absolute Gasteiger partial charge is 0.0593 e. The molecule has 0 bridgehead atoms. The van der Waals surface area contributed by atoms with Crippen LogP contribution in [0.5, 0.6) is 0 Å². The van der Waals surface area contributed by atoms with Crippen molar-refractivity contribution in [2.75, 3.05) is 32.8 Å². The van der Waals surface area contributed by atoms with Gasteiger partial charge in [-0.1, -0.05) is 33.6 Å². The molecular formula is C16H34N2O. The molecule has 3 nitrogen and oxygen atoms in total. The number of rotatable bonds is 9. The van der Waals surface area contributed by atoms with E-state index < -0.39 is 0 Å². The molecule has 1 fully saturated rings. The molecule has 0 aliphatic heterocycles. The van der Waals surface area contributed by atoms with E-state index >= 15 is 0 Å². The van der Waals surface area contributed by atoms with Gasteiger partial charge in [0.25, 0.3) is 0 Å². The molecule has 0 aromatic heterocycles. The molecule has 3 heteroatoms. The Morgan fingerprint density at radius 2 is 1.95 bits per heavy atom. The largest absolute Gasteiger partial charge is 0.380 e. The van der Waals surface area contributed by atoms with Crippen molar-refractivity contribution in [1.29, 1.82) is 0 Å². The second kappa shape index (κ2) is 9.73. The summed E-state index contributed by atoms with van der Waals surface area (Å²) in [5.74, 6) is 1.44. The van der Waals surface area contributed by atoms with Crippen LogP contribution in [0.4, 0.5) is 0 Å². The van der Waals surface area contributed by atoms with Crippen molar-refractivity contribution in [2.45, 2.75) is 58.9 Å². The number of ether oxygens (including phenoxy) is 1. The van der Waals surface area contributed by atoms with Crippen LogP contribution in [-0.2, 0) is 4.74 Å². The van der Waals surface area contributed by atoms with E-state index in [9.17, 15) is 0 Å². The van der Waals surface area contributed by atoms with Crippen molar-refractivity contribution < 1.29 is 4.74 Å². The van der Waals surface area contributed by atoms with Gasteiger partial charge in [0.05, 0.1) is 6.61 Å². The predicted molar refractivity (Wildman–Crippen MR) is 82.3 cm³/mol. The second-order valence-corrected chi connectivity index (χ2v) is 6.27. The van der Waals surface area contributed by atoms with Gasteiger partial charge >= 0.3 is 0 Å². The highest BCUT2D eigenvalue weighted by molar-refractivity contribution is 4.83. The minimum absolute atomic E-state index is 0.692. The maximum Gasteiger partial charge on any atom is 0.0593 e. The van der Waals surface area contributed by atoms with Crippen molar-refractivity contribution in [2.24, 2.45) is 17.6 Å². The molecule has 1 rings (SSSR count). The fraction of sp³-hybridized carbons (Fsp3) is 1.00. The Bertz CT molecular complexity index is 221. The summed E-state index contributed by atoms with van der Waals surface area (Å²) in [6.07, 6.45) is 6.53. The predicted octanol–water partition coefficient (Wildman–Crippen LogP) is 2.89. The molecule has 0 aromatic carbocycles. The van der Waals surface area contributed by atoms with Gasteiger partial charge in [0.1, 0.15) is 0 Å². The van der Waals surface area contributed by atoms with Crippen LogP contribution in [0.1, 0.15) is 52.9 Å². The Morgan fingerprint density at radius 3 is 2.58 bits per heavy atom. The fourth-order valence-electron chi connectivity index (χ4n) is 3.11. The summed E-state index contributed by atoms with van der Waals surface area (Å²) >= 11 is 0. The highest BCUT2D eigenvalue weighted by Crippen LogP contribution is 2.27. The molecule has 1 saturated carbocycles. The average molecular weight is 270 g/mol. The number of hydrogen-bond donors (Lipinski definition) is 1. The third-order valence-corrected chi connectivity index (χ3v) is 4.41. The van der Waals surface area contributed by atoms with Crippen molar-refractivity contribution in [3.8, 4) is 0 Å². The Balaban J connectivity index is 2.27. The van der Waals surface area contributed by atoms with E-state index in [1.54, 1.807) is 0 Å². The quantitative estimate of drug-likeness (QED) is 0.655. The topological polar surface area (TPSA) is 38.5 Å². The van der Waals surface area contributed by atoms with Gasteiger partial charge in [0.15, 0.2) is 0 Å². The molecule has 1 aliphatic carbocycles. The Hall–Kier alpha value is -0.120. The van der Waals surface area contributed by atoms with Gasteiger partial charge in [-0.2, -0.15) is 0 Å². The summed E-state index contributed by atoms with van der Waals surface area (Å²) in [6.45, 7) is 11.6. The summed E-state index contributed by atoms with van der Waals surface area (Å²) in [7, 11) is 0. The molecule has 0 heterocycles. The fourth-order valence-corrected chi connectivity index (χ4v) is 3.11. The summed E-state index contributed by atoms with van der Waals surface area (Å²) in [4.78, 5) is 2.59. The van der Waals surface area contributed by atoms with Crippen LogP contribution >= 0.6 is 0 Å². The molecule has 2 N–H and O–H groups in total. The summed E-state index contributed by atoms with van der Waals surface area (Å²) in [6, 6.07) is 0.692. The Labute approximate surface area is 119 Å². The van der Waals surface area contributed by atoms with Gasteiger partial charge in [-0.15, -0.1) is 0 Å². The maximum absolute atomic E-state index is 5.94. The lowest BCUT2D eigenvalue weighted by Crippen LogP contribution is -2.46. The zero-order valence-electron chi connectivity index (χ0n) is 13.2. The molecule has 0 spiro atoms. The van der Waals surface area contributed by atoms with Crippen molar-refractivity contribution in [1.82, 2.24) is 4.90 Å². The zero-order valence-corrected chi connectivity index (χ0v) is 13.2. The first-order valence-electron chi connectivity index (χ1n) is 8.20. The van der Waals surface area contributed by atoms with E-state index in [0.29, 0.717) is 12.0 Å². The first-order chi connectivity index (χ1) is 9.19. The molecule has 114 valence electrons. The van der Waals surface area contributed by atoms with E-state index in [1.807, 2.05) is 0 Å². The summed E-state index contributed by atoms with van der Waals surface area (Å²) in [5, 5.41) is 0. The van der Waals surface area contributed by atoms with Crippen LogP contribution in [0, 0.1) is 11.8 Å². The Kier molecular flexibility index (Phi) is 8.67. The normalized spacial score (nSPS) is 24.3. The van der Waals surface area contributed by atoms with Crippen molar-refractivity contribution >= 4 is 0 Å². The Morgan fingerprint density at radius 1 is 1.21 bits per heavy atom. The minimum atomic E-state index is 0.692. The van der Waals surface area contributed by atoms with E-state index in [2.05, 4.69) is 25.7 Å². The molecule has 0 aromatic rings. The van der Waals surface area contributed by atoms with Crippen molar-refractivity contribution in [3.63, 3.8) is 0 Å². The van der Waals surface area contributed by atoms with Crippen LogP contribution < -0.4 is 5.73 Å². The van der Waals surface area contributed by atoms with Crippen LogP contribution in [0.3, 0.4) is 0 Å². The lowest BCUT2D eigenvalue weighted by molar-refractivity contribution is 0.0565. The molecule has 19 heavy (non-hydrogen) atoms. The number of nitrogens with zero attached hydrogens (tertiary/aromatic N) is 1. The van der Waals surface area contributed by atoms with Gasteiger partial charge in [-0.25, -0.2) is 0 Å². The molecule has 0 radical (unpaired) electrons. The zero-order chi connectivity index (χ0) is 14.1. The molecule has 2 atom stereocenters. The van der Waals surface area contributed by atoms with Gasteiger partial charge in [-0.05, 0) is 44.2 Å². The van der Waals surface area contributed by atoms with Gasteiger partial charge in [-0.3, -0.25) is 4.90 Å². The lowest BCUT2D eigenvalue weighted by Gasteiger charge is -2.39. The molecule has 2 unspecified atom stereocenters. The number of nitrogens with two attached hydrogens (primary N) is 1. The lowest BCUT2D eigenvalue weighted by atomic mass is 9.83. The molecule has 0 saturated heterocycles. The SMILES string of the molecule is CCN(CCOCCC(C)C)C1CCCCC1CN. The first kappa shape index (κ1) is 16.9. The van der Waals surface area contributed by atoms with Crippen LogP contribution in [0.25, 0.3) is 0 Å². The van der Waals surface area contributed by atoms with Crippen LogP contribution in [-0.4, -0.2) is 43.8 Å². The van der Waals surface area contributed by atoms with E-state index in [4.69, 9.17) is 10.5 Å². The monoisotopic (exact) mass is 270 g/mol. The molecule has 0 amide bonds. The van der Waals surface area contributed by atoms with E-state index in [1.165, 1.54) is 32.1 Å². The number of hydrogen-bond acceptors (Lipinski definition) is 3. The second-order valence-electron chi connectivity index (χ2n) is 6.27. The number of likely N-dealkylation sites (N-methyl/N-ethyl adjacent to an activating group) is 1. The average Bonchev–Trinajstić information content (AvgIpc) is 2.42. The van der Waals surface area contributed by atoms with E-state index in [-0.39, 0.29) is 0 Å². The first-order valence-corrected chi connectivity index (χ1v) is 8.20. The summed E-state index contributed by atoms with van der Waals surface area (Å²) in [5.41, 5.74) is 5.94. The third kappa shape index (κ3) is 6.24. The van der Waals surface area contributed by atoms with Gasteiger partial charge in [0, 0.05) is 19.2 Å². The third-order valence-electron chi connectivity index (χ3n) is 4.41.